The fourth-order valence-electron chi connectivity index (χ4n) is 2.10. The molecule has 16 heavy (non-hydrogen) atoms. The Morgan fingerprint density at radius 1 is 1.00 bits per heavy atom. The highest BCUT2D eigenvalue weighted by molar-refractivity contribution is 5.26. The first kappa shape index (κ1) is 13.2. The highest BCUT2D eigenvalue weighted by Crippen LogP contribution is 2.25. The van der Waals surface area contributed by atoms with Gasteiger partial charge in [-0.1, -0.05) is 51.5 Å². The molecule has 1 nitrogen and oxygen atoms in total. The number of hydrogen-bond donors (Lipinski definition) is 0. The molecule has 0 radical (unpaired) electrons. The van der Waals surface area contributed by atoms with Crippen molar-refractivity contribution in [2.75, 3.05) is 14.1 Å². The van der Waals surface area contributed by atoms with Crippen LogP contribution in [0.5, 0.6) is 0 Å². The van der Waals surface area contributed by atoms with E-state index >= 15 is 0 Å². The van der Waals surface area contributed by atoms with E-state index in [0.29, 0.717) is 12.0 Å². The smallest absolute Gasteiger partial charge is 0.0341 e. The predicted octanol–water partition coefficient (Wildman–Crippen LogP) is 4.21. The van der Waals surface area contributed by atoms with Crippen LogP contribution in [-0.4, -0.2) is 19.0 Å². The summed E-state index contributed by atoms with van der Waals surface area (Å²) < 4.78 is 0. The largest absolute Gasteiger partial charge is 0.302 e. The molecule has 0 bridgehead atoms. The molecule has 1 rings (SSSR count). The van der Waals surface area contributed by atoms with E-state index in [2.05, 4.69) is 64.0 Å². The topological polar surface area (TPSA) is 3.24 Å². The number of benzene rings is 1. The summed E-state index contributed by atoms with van der Waals surface area (Å²) in [5.41, 5.74) is 2.87. The van der Waals surface area contributed by atoms with Gasteiger partial charge >= 0.3 is 0 Å². The van der Waals surface area contributed by atoms with Crippen LogP contribution in [0.4, 0.5) is 0 Å². The van der Waals surface area contributed by atoms with Crippen LogP contribution in [-0.2, 0) is 0 Å². The van der Waals surface area contributed by atoms with Crippen molar-refractivity contribution in [1.29, 1.82) is 0 Å². The Hall–Kier alpha value is -0.820. The van der Waals surface area contributed by atoms with Gasteiger partial charge in [-0.25, -0.2) is 0 Å². The van der Waals surface area contributed by atoms with Crippen LogP contribution in [0.1, 0.15) is 56.7 Å². The van der Waals surface area contributed by atoms with Crippen molar-refractivity contribution in [2.24, 2.45) is 0 Å². The molecule has 0 aliphatic rings. The Bertz CT molecular complexity index is 298. The van der Waals surface area contributed by atoms with Gasteiger partial charge in [-0.3, -0.25) is 0 Å². The lowest BCUT2D eigenvalue weighted by Crippen LogP contribution is -2.19. The molecule has 90 valence electrons. The minimum Gasteiger partial charge on any atom is -0.302 e. The summed E-state index contributed by atoms with van der Waals surface area (Å²) in [4.78, 5) is 2.31. The van der Waals surface area contributed by atoms with Gasteiger partial charge in [0, 0.05) is 6.04 Å². The molecule has 0 fully saturated rings. The van der Waals surface area contributed by atoms with Crippen LogP contribution in [0.25, 0.3) is 0 Å². The lowest BCUT2D eigenvalue weighted by atomic mass is 9.97. The molecule has 1 atom stereocenters. The maximum Gasteiger partial charge on any atom is 0.0341 e. The molecule has 0 saturated carbocycles. The summed E-state index contributed by atoms with van der Waals surface area (Å²) in [7, 11) is 4.33. The quantitative estimate of drug-likeness (QED) is 0.717. The fourth-order valence-corrected chi connectivity index (χ4v) is 2.10. The summed E-state index contributed by atoms with van der Waals surface area (Å²) in [5.74, 6) is 0.623. The Morgan fingerprint density at radius 2 is 1.50 bits per heavy atom. The first-order valence-electron chi connectivity index (χ1n) is 6.32. The first-order valence-corrected chi connectivity index (χ1v) is 6.32. The van der Waals surface area contributed by atoms with E-state index in [1.807, 2.05) is 0 Å². The molecule has 0 aromatic heterocycles. The van der Waals surface area contributed by atoms with E-state index in [0.717, 1.165) is 0 Å². The van der Waals surface area contributed by atoms with Crippen LogP contribution in [0.3, 0.4) is 0 Å². The minimum atomic E-state index is 0.561. The van der Waals surface area contributed by atoms with E-state index in [1.54, 1.807) is 0 Å². The molecule has 1 heteroatoms. The van der Waals surface area contributed by atoms with Crippen molar-refractivity contribution in [3.8, 4) is 0 Å². The van der Waals surface area contributed by atoms with Crippen molar-refractivity contribution in [3.05, 3.63) is 35.4 Å². The van der Waals surface area contributed by atoms with Gasteiger partial charge in [-0.2, -0.15) is 0 Å². The van der Waals surface area contributed by atoms with Gasteiger partial charge in [-0.15, -0.1) is 0 Å². The second-order valence-electron chi connectivity index (χ2n) is 5.09. The van der Waals surface area contributed by atoms with Crippen molar-refractivity contribution in [3.63, 3.8) is 0 Å². The molecule has 1 unspecified atom stereocenters. The summed E-state index contributed by atoms with van der Waals surface area (Å²) in [6.45, 7) is 6.73. The zero-order chi connectivity index (χ0) is 12.1. The van der Waals surface area contributed by atoms with Gasteiger partial charge in [0.2, 0.25) is 0 Å². The Labute approximate surface area is 100 Å². The monoisotopic (exact) mass is 219 g/mol. The SMILES string of the molecule is CCCC(c1ccc(C(C)C)cc1)N(C)C. The first-order chi connectivity index (χ1) is 7.56. The van der Waals surface area contributed by atoms with Gasteiger partial charge in [-0.05, 0) is 37.6 Å². The van der Waals surface area contributed by atoms with Gasteiger partial charge in [0.25, 0.3) is 0 Å². The third kappa shape index (κ3) is 3.34. The molecule has 0 aliphatic carbocycles. The van der Waals surface area contributed by atoms with Crippen LogP contribution >= 0.6 is 0 Å². The van der Waals surface area contributed by atoms with E-state index in [4.69, 9.17) is 0 Å². The average Bonchev–Trinajstić information content (AvgIpc) is 2.25. The van der Waals surface area contributed by atoms with Crippen molar-refractivity contribution < 1.29 is 0 Å². The van der Waals surface area contributed by atoms with Crippen LogP contribution in [0.15, 0.2) is 24.3 Å². The van der Waals surface area contributed by atoms with Crippen molar-refractivity contribution in [2.45, 2.75) is 45.6 Å². The molecule has 0 amide bonds. The molecule has 0 N–H and O–H groups in total. The number of rotatable bonds is 5. The van der Waals surface area contributed by atoms with E-state index < -0.39 is 0 Å². The zero-order valence-corrected chi connectivity index (χ0v) is 11.3. The normalized spacial score (nSPS) is 13.4. The third-order valence-corrected chi connectivity index (χ3v) is 3.17. The van der Waals surface area contributed by atoms with E-state index in [1.165, 1.54) is 24.0 Å². The third-order valence-electron chi connectivity index (χ3n) is 3.17. The van der Waals surface area contributed by atoms with Gasteiger partial charge in [0.15, 0.2) is 0 Å². The highest BCUT2D eigenvalue weighted by atomic mass is 15.1. The van der Waals surface area contributed by atoms with Crippen molar-refractivity contribution >= 4 is 0 Å². The van der Waals surface area contributed by atoms with Crippen LogP contribution in [0.2, 0.25) is 0 Å². The molecule has 0 heterocycles. The predicted molar refractivity (Wildman–Crippen MR) is 71.9 cm³/mol. The average molecular weight is 219 g/mol. The molecule has 0 saturated heterocycles. The van der Waals surface area contributed by atoms with E-state index in [9.17, 15) is 0 Å². The lowest BCUT2D eigenvalue weighted by Gasteiger charge is -2.24. The Kier molecular flexibility index (Phi) is 5.01. The lowest BCUT2D eigenvalue weighted by molar-refractivity contribution is 0.282. The summed E-state index contributed by atoms with van der Waals surface area (Å²) in [5, 5.41) is 0. The Balaban J connectivity index is 2.85. The highest BCUT2D eigenvalue weighted by Gasteiger charge is 2.12. The van der Waals surface area contributed by atoms with Crippen LogP contribution < -0.4 is 0 Å². The number of hydrogen-bond acceptors (Lipinski definition) is 1. The van der Waals surface area contributed by atoms with Crippen LogP contribution in [0, 0.1) is 0 Å². The van der Waals surface area contributed by atoms with Gasteiger partial charge in [0.1, 0.15) is 0 Å². The molecule has 1 aromatic carbocycles. The van der Waals surface area contributed by atoms with Crippen molar-refractivity contribution in [1.82, 2.24) is 4.90 Å². The summed E-state index contributed by atoms with van der Waals surface area (Å²) in [6.07, 6.45) is 2.46. The molecule has 1 aromatic rings. The summed E-state index contributed by atoms with van der Waals surface area (Å²) >= 11 is 0. The summed E-state index contributed by atoms with van der Waals surface area (Å²) in [6, 6.07) is 9.68. The minimum absolute atomic E-state index is 0.561. The second kappa shape index (κ2) is 6.05. The van der Waals surface area contributed by atoms with Gasteiger partial charge in [0.05, 0.1) is 0 Å². The Morgan fingerprint density at radius 3 is 1.88 bits per heavy atom. The molecular weight excluding hydrogens is 194 g/mol. The molecular formula is C15H25N. The standard InChI is InChI=1S/C15H25N/c1-6-7-15(16(4)5)14-10-8-13(9-11-14)12(2)3/h8-12,15H,6-7H2,1-5H3. The fraction of sp³-hybridized carbons (Fsp3) is 0.600. The molecule has 0 spiro atoms. The molecule has 0 aliphatic heterocycles. The maximum absolute atomic E-state index is 2.31. The zero-order valence-electron chi connectivity index (χ0n) is 11.3. The van der Waals surface area contributed by atoms with E-state index in [-0.39, 0.29) is 0 Å². The second-order valence-corrected chi connectivity index (χ2v) is 5.09. The maximum atomic E-state index is 2.31. The number of nitrogens with zero attached hydrogens (tertiary/aromatic N) is 1. The van der Waals surface area contributed by atoms with Gasteiger partial charge < -0.3 is 4.90 Å².